The van der Waals surface area contributed by atoms with E-state index in [0.717, 1.165) is 5.56 Å². The molecule has 7 heteroatoms. The van der Waals surface area contributed by atoms with Crippen LogP contribution in [0.5, 0.6) is 11.5 Å². The van der Waals surface area contributed by atoms with E-state index in [4.69, 9.17) is 20.4 Å². The van der Waals surface area contributed by atoms with Gasteiger partial charge in [0.15, 0.2) is 17.8 Å². The van der Waals surface area contributed by atoms with Gasteiger partial charge in [0.2, 0.25) is 5.91 Å². The number of nitrogens with zero attached hydrogens (tertiary/aromatic N) is 2. The highest BCUT2D eigenvalue weighted by Gasteiger charge is 2.11. The Morgan fingerprint density at radius 3 is 2.89 bits per heavy atom. The summed E-state index contributed by atoms with van der Waals surface area (Å²) >= 11 is 0. The number of hydrogen-bond donors (Lipinski definition) is 1. The number of para-hydroxylation sites is 1. The fourth-order valence-corrected chi connectivity index (χ4v) is 2.44. The maximum Gasteiger partial charge on any atom is 0.259 e. The first kappa shape index (κ1) is 18.7. The van der Waals surface area contributed by atoms with Crippen LogP contribution in [0.25, 0.3) is 17.5 Å². The first-order valence-corrected chi connectivity index (χ1v) is 8.30. The number of benzene rings is 2. The SMILES string of the molecule is C#CCOc1ccc(/C=C/C(=O)Nc2ccccc2-c2ncno2)cc1OC. The number of ether oxygens (including phenoxy) is 2. The van der Waals surface area contributed by atoms with Crippen LogP contribution in [0.15, 0.2) is 59.4 Å². The lowest BCUT2D eigenvalue weighted by Crippen LogP contribution is -2.08. The predicted molar refractivity (Wildman–Crippen MR) is 105 cm³/mol. The van der Waals surface area contributed by atoms with Crippen molar-refractivity contribution < 1.29 is 18.8 Å². The Bertz CT molecular complexity index is 1020. The van der Waals surface area contributed by atoms with Crippen LogP contribution >= 0.6 is 0 Å². The lowest BCUT2D eigenvalue weighted by Gasteiger charge is -2.09. The molecule has 1 heterocycles. The molecule has 0 unspecified atom stereocenters. The number of terminal acetylenes is 1. The number of carbonyl (C=O) groups is 1. The highest BCUT2D eigenvalue weighted by atomic mass is 16.5. The van der Waals surface area contributed by atoms with Gasteiger partial charge in [-0.2, -0.15) is 4.98 Å². The Balaban J connectivity index is 1.72. The topological polar surface area (TPSA) is 86.5 Å². The van der Waals surface area contributed by atoms with Crippen LogP contribution in [0.4, 0.5) is 5.69 Å². The summed E-state index contributed by atoms with van der Waals surface area (Å²) in [6.07, 6.45) is 9.59. The van der Waals surface area contributed by atoms with Crippen LogP contribution in [-0.4, -0.2) is 29.8 Å². The largest absolute Gasteiger partial charge is 0.493 e. The van der Waals surface area contributed by atoms with Crippen LogP contribution < -0.4 is 14.8 Å². The van der Waals surface area contributed by atoms with Crippen LogP contribution in [0.3, 0.4) is 0 Å². The highest BCUT2D eigenvalue weighted by Crippen LogP contribution is 2.29. The number of methoxy groups -OCH3 is 1. The third-order valence-electron chi connectivity index (χ3n) is 3.70. The van der Waals surface area contributed by atoms with Crippen molar-refractivity contribution in [2.24, 2.45) is 0 Å². The van der Waals surface area contributed by atoms with Crippen molar-refractivity contribution >= 4 is 17.7 Å². The van der Waals surface area contributed by atoms with E-state index < -0.39 is 0 Å². The van der Waals surface area contributed by atoms with Gasteiger partial charge in [0.1, 0.15) is 6.61 Å². The number of amides is 1. The minimum atomic E-state index is -0.307. The second-order valence-corrected chi connectivity index (χ2v) is 5.52. The zero-order valence-electron chi connectivity index (χ0n) is 15.1. The predicted octanol–water partition coefficient (Wildman–Crippen LogP) is 3.41. The zero-order valence-corrected chi connectivity index (χ0v) is 15.1. The van der Waals surface area contributed by atoms with E-state index in [1.54, 1.807) is 42.5 Å². The van der Waals surface area contributed by atoms with Gasteiger partial charge in [0.25, 0.3) is 5.89 Å². The van der Waals surface area contributed by atoms with Gasteiger partial charge < -0.3 is 19.3 Å². The second kappa shape index (κ2) is 9.05. The molecular weight excluding hydrogens is 358 g/mol. The molecule has 3 aromatic rings. The zero-order chi connectivity index (χ0) is 19.8. The summed E-state index contributed by atoms with van der Waals surface area (Å²) in [6, 6.07) is 12.4. The van der Waals surface area contributed by atoms with E-state index in [1.165, 1.54) is 19.5 Å². The van der Waals surface area contributed by atoms with Crippen molar-refractivity contribution in [3.8, 4) is 35.3 Å². The Morgan fingerprint density at radius 2 is 2.14 bits per heavy atom. The molecule has 0 aliphatic heterocycles. The van der Waals surface area contributed by atoms with Gasteiger partial charge in [0, 0.05) is 6.08 Å². The number of nitrogens with one attached hydrogen (secondary N) is 1. The van der Waals surface area contributed by atoms with Gasteiger partial charge >= 0.3 is 0 Å². The monoisotopic (exact) mass is 375 g/mol. The summed E-state index contributed by atoms with van der Waals surface area (Å²) < 4.78 is 15.8. The maximum absolute atomic E-state index is 12.3. The molecule has 28 heavy (non-hydrogen) atoms. The molecule has 1 aromatic heterocycles. The maximum atomic E-state index is 12.3. The fraction of sp³-hybridized carbons (Fsp3) is 0.0952. The summed E-state index contributed by atoms with van der Waals surface area (Å²) in [4.78, 5) is 16.3. The van der Waals surface area contributed by atoms with Gasteiger partial charge in [-0.25, -0.2) is 0 Å². The molecule has 140 valence electrons. The quantitative estimate of drug-likeness (QED) is 0.503. The molecule has 0 fully saturated rings. The average Bonchev–Trinajstić information content (AvgIpc) is 3.26. The van der Waals surface area contributed by atoms with Crippen LogP contribution in [0.1, 0.15) is 5.56 Å². The summed E-state index contributed by atoms with van der Waals surface area (Å²) in [7, 11) is 1.53. The van der Waals surface area contributed by atoms with E-state index in [-0.39, 0.29) is 12.5 Å². The lowest BCUT2D eigenvalue weighted by molar-refractivity contribution is -0.111. The smallest absolute Gasteiger partial charge is 0.259 e. The van der Waals surface area contributed by atoms with E-state index in [1.807, 2.05) is 6.07 Å². The second-order valence-electron chi connectivity index (χ2n) is 5.52. The normalized spacial score (nSPS) is 10.4. The van der Waals surface area contributed by atoms with E-state index in [2.05, 4.69) is 21.4 Å². The average molecular weight is 375 g/mol. The van der Waals surface area contributed by atoms with Gasteiger partial charge in [-0.05, 0) is 35.9 Å². The van der Waals surface area contributed by atoms with Gasteiger partial charge in [-0.15, -0.1) is 6.42 Å². The number of rotatable bonds is 7. The van der Waals surface area contributed by atoms with E-state index in [0.29, 0.717) is 28.6 Å². The van der Waals surface area contributed by atoms with Crippen LogP contribution in [-0.2, 0) is 4.79 Å². The summed E-state index contributed by atoms with van der Waals surface area (Å²) in [6.45, 7) is 0.146. The van der Waals surface area contributed by atoms with Crippen molar-refractivity contribution in [3.05, 3.63) is 60.4 Å². The van der Waals surface area contributed by atoms with E-state index >= 15 is 0 Å². The summed E-state index contributed by atoms with van der Waals surface area (Å²) in [5.74, 6) is 3.48. The molecule has 1 amide bonds. The third kappa shape index (κ3) is 4.56. The summed E-state index contributed by atoms with van der Waals surface area (Å²) in [5.41, 5.74) is 1.97. The Morgan fingerprint density at radius 1 is 1.29 bits per heavy atom. The Labute approximate surface area is 162 Å². The van der Waals surface area contributed by atoms with E-state index in [9.17, 15) is 4.79 Å². The minimum Gasteiger partial charge on any atom is -0.493 e. The molecule has 3 rings (SSSR count). The molecule has 0 atom stereocenters. The van der Waals surface area contributed by atoms with Crippen molar-refractivity contribution in [2.75, 3.05) is 19.0 Å². The molecule has 1 N–H and O–H groups in total. The Kier molecular flexibility index (Phi) is 6.06. The van der Waals surface area contributed by atoms with Gasteiger partial charge in [0.05, 0.1) is 18.4 Å². The summed E-state index contributed by atoms with van der Waals surface area (Å²) in [5, 5.41) is 6.40. The van der Waals surface area contributed by atoms with Gasteiger partial charge in [-0.1, -0.05) is 29.3 Å². The van der Waals surface area contributed by atoms with Crippen molar-refractivity contribution in [1.82, 2.24) is 10.1 Å². The van der Waals surface area contributed by atoms with Crippen molar-refractivity contribution in [2.45, 2.75) is 0 Å². The van der Waals surface area contributed by atoms with Gasteiger partial charge in [-0.3, -0.25) is 4.79 Å². The molecule has 0 spiro atoms. The molecule has 0 bridgehead atoms. The number of hydrogen-bond acceptors (Lipinski definition) is 6. The molecule has 0 saturated carbocycles. The lowest BCUT2D eigenvalue weighted by atomic mass is 10.1. The molecule has 0 saturated heterocycles. The minimum absolute atomic E-state index is 0.146. The molecule has 0 radical (unpaired) electrons. The first-order chi connectivity index (χ1) is 13.7. The standard InChI is InChI=1S/C21H17N3O4/c1-3-12-27-18-10-8-15(13-19(18)26-2)9-11-20(25)24-17-7-5-4-6-16(17)21-22-14-23-28-21/h1,4-11,13-14H,12H2,2H3,(H,24,25)/b11-9+. The van der Waals surface area contributed by atoms with Crippen molar-refractivity contribution in [3.63, 3.8) is 0 Å². The highest BCUT2D eigenvalue weighted by molar-refractivity contribution is 6.03. The fourth-order valence-electron chi connectivity index (χ4n) is 2.44. The number of anilines is 1. The molecular formula is C21H17N3O4. The van der Waals surface area contributed by atoms with Crippen molar-refractivity contribution in [1.29, 1.82) is 0 Å². The third-order valence-corrected chi connectivity index (χ3v) is 3.70. The molecule has 7 nitrogen and oxygen atoms in total. The molecule has 2 aromatic carbocycles. The first-order valence-electron chi connectivity index (χ1n) is 8.30. The van der Waals surface area contributed by atoms with Crippen LogP contribution in [0, 0.1) is 12.3 Å². The number of aromatic nitrogens is 2. The molecule has 0 aliphatic rings. The molecule has 0 aliphatic carbocycles. The number of carbonyl (C=O) groups excluding carboxylic acids is 1. The Hall–Kier alpha value is -4.05. The van der Waals surface area contributed by atoms with Crippen LogP contribution in [0.2, 0.25) is 0 Å².